The molecule has 0 spiro atoms. The third-order valence-corrected chi connectivity index (χ3v) is 3.16. The van der Waals surface area contributed by atoms with Crippen LogP contribution in [0.3, 0.4) is 0 Å². The first-order chi connectivity index (χ1) is 10.7. The van der Waals surface area contributed by atoms with E-state index < -0.39 is 11.6 Å². The number of rotatable bonds is 6. The molecule has 3 N–H and O–H groups in total. The van der Waals surface area contributed by atoms with Crippen LogP contribution in [-0.2, 0) is 0 Å². The summed E-state index contributed by atoms with van der Waals surface area (Å²) in [6.45, 7) is 12.1. The maximum atomic E-state index is 13.8. The Labute approximate surface area is 137 Å². The lowest BCUT2D eigenvalue weighted by Gasteiger charge is -2.21. The van der Waals surface area contributed by atoms with Crippen molar-refractivity contribution in [3.63, 3.8) is 0 Å². The minimum atomic E-state index is -0.577. The van der Waals surface area contributed by atoms with E-state index in [4.69, 9.17) is 0 Å². The minimum Gasteiger partial charge on any atom is -0.357 e. The van der Waals surface area contributed by atoms with Gasteiger partial charge in [-0.25, -0.2) is 8.78 Å². The highest BCUT2D eigenvalue weighted by molar-refractivity contribution is 5.80. The van der Waals surface area contributed by atoms with E-state index in [1.54, 1.807) is 0 Å². The van der Waals surface area contributed by atoms with Gasteiger partial charge in [0.1, 0.15) is 11.6 Å². The fourth-order valence-corrected chi connectivity index (χ4v) is 2.05. The predicted molar refractivity (Wildman–Crippen MR) is 91.6 cm³/mol. The first-order valence-electron chi connectivity index (χ1n) is 7.97. The number of aliphatic imine (C=N–C) groups is 1. The molecule has 0 saturated heterocycles. The number of guanidine groups is 1. The van der Waals surface area contributed by atoms with Crippen LogP contribution in [0.5, 0.6) is 0 Å². The Morgan fingerprint density at radius 3 is 2.52 bits per heavy atom. The zero-order valence-corrected chi connectivity index (χ0v) is 14.6. The van der Waals surface area contributed by atoms with Crippen molar-refractivity contribution in [2.24, 2.45) is 4.99 Å². The topological polar surface area (TPSA) is 48.5 Å². The maximum absolute atomic E-state index is 13.8. The molecule has 0 amide bonds. The van der Waals surface area contributed by atoms with Gasteiger partial charge in [0.05, 0.1) is 12.6 Å². The molecular formula is C17H28F2N4. The second-order valence-electron chi connectivity index (χ2n) is 6.47. The van der Waals surface area contributed by atoms with Gasteiger partial charge < -0.3 is 16.0 Å². The van der Waals surface area contributed by atoms with Crippen molar-refractivity contribution < 1.29 is 8.78 Å². The van der Waals surface area contributed by atoms with Gasteiger partial charge >= 0.3 is 0 Å². The molecule has 0 bridgehead atoms. The average Bonchev–Trinajstić information content (AvgIpc) is 2.42. The van der Waals surface area contributed by atoms with Crippen LogP contribution in [0.4, 0.5) is 8.78 Å². The molecular weight excluding hydrogens is 298 g/mol. The minimum absolute atomic E-state index is 0.0474. The normalized spacial score (nSPS) is 13.8. The van der Waals surface area contributed by atoms with Crippen LogP contribution < -0.4 is 16.0 Å². The lowest BCUT2D eigenvalue weighted by molar-refractivity contribution is 0.432. The van der Waals surface area contributed by atoms with Gasteiger partial charge in [-0.05, 0) is 40.7 Å². The number of benzene rings is 1. The summed E-state index contributed by atoms with van der Waals surface area (Å²) in [5, 5.41) is 9.62. The van der Waals surface area contributed by atoms with E-state index in [0.29, 0.717) is 24.6 Å². The Hall–Kier alpha value is -1.69. The zero-order chi connectivity index (χ0) is 17.5. The van der Waals surface area contributed by atoms with Crippen molar-refractivity contribution in [1.82, 2.24) is 16.0 Å². The first-order valence-corrected chi connectivity index (χ1v) is 7.97. The number of nitrogens with zero attached hydrogens (tertiary/aromatic N) is 1. The summed E-state index contributed by atoms with van der Waals surface area (Å²) in [5.41, 5.74) is 0.455. The number of hydrogen-bond acceptors (Lipinski definition) is 2. The van der Waals surface area contributed by atoms with Gasteiger partial charge in [0.15, 0.2) is 5.96 Å². The van der Waals surface area contributed by atoms with Crippen molar-refractivity contribution in [3.05, 3.63) is 35.4 Å². The molecule has 0 aromatic heterocycles. The van der Waals surface area contributed by atoms with Crippen LogP contribution >= 0.6 is 0 Å². The SMILES string of the molecule is CCNC(=NCCNC(C)(C)C)NC(C)c1ccc(F)cc1F. The molecule has 0 saturated carbocycles. The quantitative estimate of drug-likeness (QED) is 0.428. The molecule has 0 aliphatic rings. The van der Waals surface area contributed by atoms with E-state index in [9.17, 15) is 8.78 Å². The highest BCUT2D eigenvalue weighted by atomic mass is 19.1. The van der Waals surface area contributed by atoms with Crippen LogP contribution in [0.2, 0.25) is 0 Å². The summed E-state index contributed by atoms with van der Waals surface area (Å²) in [7, 11) is 0. The van der Waals surface area contributed by atoms with Crippen LogP contribution in [0.15, 0.2) is 23.2 Å². The standard InChI is InChI=1S/C17H28F2N4/c1-6-20-16(21-9-10-22-17(3,4)5)23-12(2)14-8-7-13(18)11-15(14)19/h7-8,11-12,22H,6,9-10H2,1-5H3,(H2,20,21,23). The number of halogens is 2. The van der Waals surface area contributed by atoms with Gasteiger partial charge in [0.2, 0.25) is 0 Å². The van der Waals surface area contributed by atoms with E-state index in [2.05, 4.69) is 41.7 Å². The lowest BCUT2D eigenvalue weighted by atomic mass is 10.1. The van der Waals surface area contributed by atoms with Crippen molar-refractivity contribution in [1.29, 1.82) is 0 Å². The molecule has 1 atom stereocenters. The van der Waals surface area contributed by atoms with Crippen LogP contribution in [0.1, 0.15) is 46.2 Å². The summed E-state index contributed by atoms with van der Waals surface area (Å²) < 4.78 is 26.8. The van der Waals surface area contributed by atoms with Crippen molar-refractivity contribution in [2.45, 2.75) is 46.2 Å². The Morgan fingerprint density at radius 2 is 1.96 bits per heavy atom. The van der Waals surface area contributed by atoms with Gasteiger partial charge in [-0.2, -0.15) is 0 Å². The first kappa shape index (κ1) is 19.4. The third kappa shape index (κ3) is 7.41. The van der Waals surface area contributed by atoms with Crippen molar-refractivity contribution >= 4 is 5.96 Å². The second-order valence-corrected chi connectivity index (χ2v) is 6.47. The van der Waals surface area contributed by atoms with Crippen molar-refractivity contribution in [3.8, 4) is 0 Å². The van der Waals surface area contributed by atoms with Crippen LogP contribution in [0.25, 0.3) is 0 Å². The molecule has 1 aromatic rings. The van der Waals surface area contributed by atoms with Gasteiger partial charge in [0.25, 0.3) is 0 Å². The summed E-state index contributed by atoms with van der Waals surface area (Å²) in [6.07, 6.45) is 0. The molecule has 0 fully saturated rings. The Balaban J connectivity index is 2.66. The van der Waals surface area contributed by atoms with E-state index >= 15 is 0 Å². The maximum Gasteiger partial charge on any atom is 0.191 e. The fourth-order valence-electron chi connectivity index (χ4n) is 2.05. The van der Waals surface area contributed by atoms with Crippen LogP contribution in [-0.4, -0.2) is 31.1 Å². The van der Waals surface area contributed by atoms with E-state index in [0.717, 1.165) is 12.6 Å². The van der Waals surface area contributed by atoms with E-state index in [1.165, 1.54) is 12.1 Å². The number of hydrogen-bond donors (Lipinski definition) is 3. The largest absolute Gasteiger partial charge is 0.357 e. The van der Waals surface area contributed by atoms with Gasteiger partial charge in [-0.1, -0.05) is 6.07 Å². The van der Waals surface area contributed by atoms with Crippen molar-refractivity contribution in [2.75, 3.05) is 19.6 Å². The molecule has 23 heavy (non-hydrogen) atoms. The average molecular weight is 326 g/mol. The predicted octanol–water partition coefficient (Wildman–Crippen LogP) is 2.97. The molecule has 4 nitrogen and oxygen atoms in total. The van der Waals surface area contributed by atoms with Gasteiger partial charge in [0, 0.05) is 30.3 Å². The molecule has 6 heteroatoms. The van der Waals surface area contributed by atoms with Gasteiger partial charge in [-0.15, -0.1) is 0 Å². The molecule has 0 aliphatic carbocycles. The Bertz CT molecular complexity index is 524. The van der Waals surface area contributed by atoms with E-state index in [-0.39, 0.29) is 11.6 Å². The Kier molecular flexibility index (Phi) is 7.42. The fraction of sp³-hybridized carbons (Fsp3) is 0.588. The monoisotopic (exact) mass is 326 g/mol. The molecule has 1 unspecified atom stereocenters. The second kappa shape index (κ2) is 8.82. The van der Waals surface area contributed by atoms with E-state index in [1.807, 2.05) is 13.8 Å². The van der Waals surface area contributed by atoms with Crippen LogP contribution in [0, 0.1) is 11.6 Å². The third-order valence-electron chi connectivity index (χ3n) is 3.16. The molecule has 0 radical (unpaired) electrons. The molecule has 0 aliphatic heterocycles. The zero-order valence-electron chi connectivity index (χ0n) is 14.6. The molecule has 1 aromatic carbocycles. The Morgan fingerprint density at radius 1 is 1.26 bits per heavy atom. The smallest absolute Gasteiger partial charge is 0.191 e. The lowest BCUT2D eigenvalue weighted by Crippen LogP contribution is -2.41. The summed E-state index contributed by atoms with van der Waals surface area (Å²) >= 11 is 0. The molecule has 1 rings (SSSR count). The van der Waals surface area contributed by atoms with Gasteiger partial charge in [-0.3, -0.25) is 4.99 Å². The summed E-state index contributed by atoms with van der Waals surface area (Å²) in [6, 6.07) is 3.29. The highest BCUT2D eigenvalue weighted by Gasteiger charge is 2.13. The highest BCUT2D eigenvalue weighted by Crippen LogP contribution is 2.17. The molecule has 0 heterocycles. The summed E-state index contributed by atoms with van der Waals surface area (Å²) in [4.78, 5) is 4.46. The number of nitrogens with one attached hydrogen (secondary N) is 3. The molecule has 130 valence electrons. The summed E-state index contributed by atoms with van der Waals surface area (Å²) in [5.74, 6) is -0.526.